The fourth-order valence-corrected chi connectivity index (χ4v) is 4.17. The first-order valence-corrected chi connectivity index (χ1v) is 10.8. The van der Waals surface area contributed by atoms with Crippen LogP contribution in [0, 0.1) is 13.8 Å². The van der Waals surface area contributed by atoms with E-state index >= 15 is 0 Å². The highest BCUT2D eigenvalue weighted by molar-refractivity contribution is 7.51. The molecule has 0 aliphatic rings. The topological polar surface area (TPSA) is 62.5 Å². The summed E-state index contributed by atoms with van der Waals surface area (Å²) in [5.41, 5.74) is 6.75. The van der Waals surface area contributed by atoms with Gasteiger partial charge in [0.15, 0.2) is 0 Å². The molecule has 0 bridgehead atoms. The average molecular weight is 379 g/mol. The molecule has 0 saturated heterocycles. The van der Waals surface area contributed by atoms with Gasteiger partial charge in [-0.3, -0.25) is 4.57 Å². The Balaban J connectivity index is 1.84. The van der Waals surface area contributed by atoms with Gasteiger partial charge >= 0.3 is 7.60 Å². The molecule has 3 aromatic carbocycles. The molecule has 0 saturated carbocycles. The van der Waals surface area contributed by atoms with Gasteiger partial charge in [0.25, 0.3) is 0 Å². The van der Waals surface area contributed by atoms with E-state index in [0.717, 1.165) is 22.3 Å². The van der Waals surface area contributed by atoms with Crippen LogP contribution in [0.1, 0.15) is 16.7 Å². The van der Waals surface area contributed by atoms with Crippen LogP contribution in [0.2, 0.25) is 0 Å². The van der Waals surface area contributed by atoms with E-state index in [-0.39, 0.29) is 6.16 Å². The molecule has 0 aliphatic carbocycles. The van der Waals surface area contributed by atoms with Crippen molar-refractivity contribution in [3.05, 3.63) is 77.4 Å². The van der Waals surface area contributed by atoms with Crippen molar-refractivity contribution in [1.29, 1.82) is 0 Å². The SMILES string of the molecule is Cc1ccc2c(c1)c1cc(C)ccc1n2-c1ccc(CCP(=O)(O)O)cc1. The molecular weight excluding hydrogens is 357 g/mol. The molecule has 138 valence electrons. The van der Waals surface area contributed by atoms with Crippen molar-refractivity contribution in [2.45, 2.75) is 20.3 Å². The predicted molar refractivity (Wildman–Crippen MR) is 111 cm³/mol. The maximum absolute atomic E-state index is 11.1. The maximum atomic E-state index is 11.1. The lowest BCUT2D eigenvalue weighted by molar-refractivity contribution is 0.373. The van der Waals surface area contributed by atoms with Crippen LogP contribution in [-0.2, 0) is 11.0 Å². The fourth-order valence-electron chi connectivity index (χ4n) is 3.62. The largest absolute Gasteiger partial charge is 0.325 e. The summed E-state index contributed by atoms with van der Waals surface area (Å²) in [4.78, 5) is 18.1. The molecule has 5 heteroatoms. The van der Waals surface area contributed by atoms with Crippen molar-refractivity contribution >= 4 is 29.4 Å². The van der Waals surface area contributed by atoms with Crippen LogP contribution in [-0.4, -0.2) is 20.5 Å². The zero-order chi connectivity index (χ0) is 19.2. The number of benzene rings is 3. The lowest BCUT2D eigenvalue weighted by Gasteiger charge is -2.10. The monoisotopic (exact) mass is 379 g/mol. The molecule has 0 atom stereocenters. The second-order valence-corrected chi connectivity index (χ2v) is 8.96. The van der Waals surface area contributed by atoms with E-state index in [1.807, 2.05) is 24.3 Å². The Bertz CT molecular complexity index is 1130. The van der Waals surface area contributed by atoms with Gasteiger partial charge in [-0.25, -0.2) is 0 Å². The van der Waals surface area contributed by atoms with Gasteiger partial charge in [-0.1, -0.05) is 35.4 Å². The molecule has 27 heavy (non-hydrogen) atoms. The van der Waals surface area contributed by atoms with E-state index in [1.165, 1.54) is 21.9 Å². The highest BCUT2D eigenvalue weighted by atomic mass is 31.2. The van der Waals surface area contributed by atoms with Gasteiger partial charge in [0.05, 0.1) is 17.2 Å². The Labute approximate surface area is 158 Å². The fraction of sp³-hybridized carbons (Fsp3) is 0.182. The van der Waals surface area contributed by atoms with E-state index in [1.54, 1.807) is 0 Å². The van der Waals surface area contributed by atoms with E-state index < -0.39 is 7.60 Å². The van der Waals surface area contributed by atoms with E-state index in [0.29, 0.717) is 6.42 Å². The number of hydrogen-bond acceptors (Lipinski definition) is 1. The van der Waals surface area contributed by atoms with Gasteiger partial charge in [0.2, 0.25) is 0 Å². The van der Waals surface area contributed by atoms with Crippen molar-refractivity contribution in [1.82, 2.24) is 4.57 Å². The summed E-state index contributed by atoms with van der Waals surface area (Å²) in [7, 11) is -3.97. The lowest BCUT2D eigenvalue weighted by atomic mass is 10.1. The highest BCUT2D eigenvalue weighted by Gasteiger charge is 2.14. The first kappa shape index (κ1) is 18.0. The van der Waals surface area contributed by atoms with Gasteiger partial charge < -0.3 is 14.4 Å². The van der Waals surface area contributed by atoms with Gasteiger partial charge in [-0.05, 0) is 62.2 Å². The summed E-state index contributed by atoms with van der Waals surface area (Å²) in [6.45, 7) is 4.21. The third kappa shape index (κ3) is 3.57. The Morgan fingerprint density at radius 2 is 1.33 bits per heavy atom. The normalized spacial score (nSPS) is 12.1. The van der Waals surface area contributed by atoms with Crippen LogP contribution >= 0.6 is 7.60 Å². The summed E-state index contributed by atoms with van der Waals surface area (Å²) in [6.07, 6.45) is 0.246. The highest BCUT2D eigenvalue weighted by Crippen LogP contribution is 2.36. The summed E-state index contributed by atoms with van der Waals surface area (Å²) in [5.74, 6) is 0. The lowest BCUT2D eigenvalue weighted by Crippen LogP contribution is -1.97. The van der Waals surface area contributed by atoms with Gasteiger partial charge in [0, 0.05) is 16.5 Å². The van der Waals surface area contributed by atoms with Crippen molar-refractivity contribution in [3.63, 3.8) is 0 Å². The van der Waals surface area contributed by atoms with Gasteiger partial charge in [0.1, 0.15) is 0 Å². The second kappa shape index (κ2) is 6.65. The van der Waals surface area contributed by atoms with Gasteiger partial charge in [-0.2, -0.15) is 0 Å². The van der Waals surface area contributed by atoms with Crippen LogP contribution in [0.5, 0.6) is 0 Å². The Morgan fingerprint density at radius 1 is 0.815 bits per heavy atom. The molecule has 1 aromatic heterocycles. The number of rotatable bonds is 4. The zero-order valence-electron chi connectivity index (χ0n) is 15.4. The Morgan fingerprint density at radius 3 is 1.81 bits per heavy atom. The van der Waals surface area contributed by atoms with Crippen LogP contribution < -0.4 is 0 Å². The molecule has 4 nitrogen and oxygen atoms in total. The molecule has 2 N–H and O–H groups in total. The molecule has 1 heterocycles. The Kier molecular flexibility index (Phi) is 4.43. The van der Waals surface area contributed by atoms with Crippen LogP contribution in [0.3, 0.4) is 0 Å². The molecule has 4 aromatic rings. The molecule has 4 rings (SSSR count). The average Bonchev–Trinajstić information content (AvgIpc) is 2.93. The number of aromatic nitrogens is 1. The minimum Gasteiger partial charge on any atom is -0.324 e. The summed E-state index contributed by atoms with van der Waals surface area (Å²) >= 11 is 0. The maximum Gasteiger partial charge on any atom is 0.325 e. The minimum atomic E-state index is -3.97. The standard InChI is InChI=1S/C22H22NO3P/c1-15-3-9-21-19(13-15)20-14-16(2)4-10-22(20)23(21)18-7-5-17(6-8-18)11-12-27(24,25)26/h3-10,13-14H,11-12H2,1-2H3,(H2,24,25,26). The number of nitrogens with zero attached hydrogens (tertiary/aromatic N) is 1. The predicted octanol–water partition coefficient (Wildman–Crippen LogP) is 5.12. The molecular formula is C22H22NO3P. The van der Waals surface area contributed by atoms with E-state index in [4.69, 9.17) is 9.79 Å². The molecule has 0 fully saturated rings. The van der Waals surface area contributed by atoms with E-state index in [9.17, 15) is 4.57 Å². The number of hydrogen-bond donors (Lipinski definition) is 2. The zero-order valence-corrected chi connectivity index (χ0v) is 16.3. The molecule has 0 unspecified atom stereocenters. The van der Waals surface area contributed by atoms with Gasteiger partial charge in [-0.15, -0.1) is 0 Å². The number of fused-ring (bicyclic) bond motifs is 3. The number of aryl methyl sites for hydroxylation is 3. The summed E-state index contributed by atoms with van der Waals surface area (Å²) in [6, 6.07) is 20.9. The molecule has 0 amide bonds. The second-order valence-electron chi connectivity index (χ2n) is 7.18. The third-order valence-corrected chi connectivity index (χ3v) is 5.77. The molecule has 0 radical (unpaired) electrons. The first-order valence-electron chi connectivity index (χ1n) is 8.97. The smallest absolute Gasteiger partial charge is 0.324 e. The third-order valence-electron chi connectivity index (χ3n) is 4.96. The summed E-state index contributed by atoms with van der Waals surface area (Å²) in [5, 5.41) is 2.47. The van der Waals surface area contributed by atoms with Crippen molar-refractivity contribution in [2.75, 3.05) is 6.16 Å². The van der Waals surface area contributed by atoms with Crippen molar-refractivity contribution in [2.24, 2.45) is 0 Å². The van der Waals surface area contributed by atoms with Crippen molar-refractivity contribution in [3.8, 4) is 5.69 Å². The summed E-state index contributed by atoms with van der Waals surface area (Å²) < 4.78 is 13.3. The van der Waals surface area contributed by atoms with Crippen molar-refractivity contribution < 1.29 is 14.4 Å². The molecule has 0 spiro atoms. The van der Waals surface area contributed by atoms with Crippen LogP contribution in [0.4, 0.5) is 0 Å². The van der Waals surface area contributed by atoms with Crippen LogP contribution in [0.25, 0.3) is 27.5 Å². The van der Waals surface area contributed by atoms with Crippen LogP contribution in [0.15, 0.2) is 60.7 Å². The Hall–Kier alpha value is -2.39. The first-order chi connectivity index (χ1) is 12.8. The van der Waals surface area contributed by atoms with E-state index in [2.05, 4.69) is 54.8 Å². The minimum absolute atomic E-state index is 0.125. The quantitative estimate of drug-likeness (QED) is 0.484. The molecule has 0 aliphatic heterocycles.